The predicted molar refractivity (Wildman–Crippen MR) is 54.2 cm³/mol. The smallest absolute Gasteiger partial charge is 0.411 e. The molecule has 0 spiro atoms. The van der Waals surface area contributed by atoms with Crippen LogP contribution in [-0.2, 0) is 9.53 Å². The Morgan fingerprint density at radius 3 is 2.53 bits per heavy atom. The molecule has 1 heterocycles. The van der Waals surface area contributed by atoms with Gasteiger partial charge in [0.15, 0.2) is 0 Å². The Morgan fingerprint density at radius 1 is 1.47 bits per heavy atom. The van der Waals surface area contributed by atoms with Gasteiger partial charge >= 0.3 is 6.09 Å². The molecule has 0 saturated carbocycles. The number of hydrogen-bond acceptors (Lipinski definition) is 5. The highest BCUT2D eigenvalue weighted by atomic mass is 32.2. The van der Waals surface area contributed by atoms with Crippen molar-refractivity contribution < 1.29 is 19.4 Å². The summed E-state index contributed by atoms with van der Waals surface area (Å²) < 4.78 is 5.08. The van der Waals surface area contributed by atoms with E-state index in [1.807, 2.05) is 0 Å². The molecule has 1 fully saturated rings. The van der Waals surface area contributed by atoms with Crippen LogP contribution in [0.4, 0.5) is 4.79 Å². The fraction of sp³-hybridized carbons (Fsp3) is 0.778. The monoisotopic (exact) mass is 232 g/mol. The molecule has 86 valence electrons. The number of carboxylic acid groups (broad SMARTS) is 1. The summed E-state index contributed by atoms with van der Waals surface area (Å²) in [5.74, 6) is -0.652. The van der Waals surface area contributed by atoms with Crippen molar-refractivity contribution in [3.05, 3.63) is 0 Å². The first-order chi connectivity index (χ1) is 6.81. The number of carbonyl (C=O) groups is 2. The van der Waals surface area contributed by atoms with Crippen molar-refractivity contribution in [2.24, 2.45) is 0 Å². The van der Waals surface area contributed by atoms with Crippen LogP contribution in [0.1, 0.15) is 20.8 Å². The summed E-state index contributed by atoms with van der Waals surface area (Å²) in [5.41, 5.74) is -0.610. The van der Waals surface area contributed by atoms with Crippen molar-refractivity contribution in [2.75, 3.05) is 12.3 Å². The van der Waals surface area contributed by atoms with E-state index in [0.29, 0.717) is 12.3 Å². The highest BCUT2D eigenvalue weighted by Gasteiger charge is 2.33. The summed E-state index contributed by atoms with van der Waals surface area (Å²) in [4.78, 5) is 23.5. The van der Waals surface area contributed by atoms with E-state index in [-0.39, 0.29) is 0 Å². The molecular weight excluding hydrogens is 218 g/mol. The largest absolute Gasteiger partial charge is 0.547 e. The number of hydrogen-bond donors (Lipinski definition) is 0. The van der Waals surface area contributed by atoms with E-state index in [1.165, 1.54) is 16.7 Å². The highest BCUT2D eigenvalue weighted by Crippen LogP contribution is 2.25. The molecule has 0 aromatic rings. The summed E-state index contributed by atoms with van der Waals surface area (Å²) >= 11 is 1.18. The van der Waals surface area contributed by atoms with Gasteiger partial charge in [0.05, 0.1) is 5.97 Å². The molecule has 5 nitrogen and oxygen atoms in total. The summed E-state index contributed by atoms with van der Waals surface area (Å²) in [5, 5.41) is 9.78. The van der Waals surface area contributed by atoms with Crippen LogP contribution < -0.4 is 5.11 Å². The third kappa shape index (κ3) is 3.30. The number of aliphatic carboxylic acids is 1. The van der Waals surface area contributed by atoms with Gasteiger partial charge in [-0.25, -0.2) is 4.79 Å². The fourth-order valence-electron chi connectivity index (χ4n) is 1.17. The number of rotatable bonds is 1. The van der Waals surface area contributed by atoms with E-state index in [1.54, 1.807) is 20.8 Å². The van der Waals surface area contributed by atoms with Crippen LogP contribution in [-0.4, -0.2) is 40.2 Å². The quantitative estimate of drug-likeness (QED) is 0.638. The number of amides is 1. The summed E-state index contributed by atoms with van der Waals surface area (Å²) in [6, 6.07) is 0. The second-order valence-electron chi connectivity index (χ2n) is 4.22. The molecule has 0 bridgehead atoms. The van der Waals surface area contributed by atoms with E-state index in [4.69, 9.17) is 4.74 Å². The first kappa shape index (κ1) is 12.2. The van der Waals surface area contributed by atoms with Crippen LogP contribution in [0, 0.1) is 0 Å². The molecule has 1 unspecified atom stereocenters. The van der Waals surface area contributed by atoms with Crippen LogP contribution in [0.25, 0.3) is 0 Å². The van der Waals surface area contributed by atoms with Gasteiger partial charge in [-0.3, -0.25) is 4.90 Å². The Morgan fingerprint density at radius 2 is 2.07 bits per heavy atom. The Kier molecular flexibility index (Phi) is 3.49. The molecular formula is C9H14NO4S-. The minimum Gasteiger partial charge on any atom is -0.547 e. The van der Waals surface area contributed by atoms with Crippen LogP contribution in [0.2, 0.25) is 0 Å². The maximum atomic E-state index is 11.6. The summed E-state index contributed by atoms with van der Waals surface area (Å²) in [7, 11) is 0. The normalized spacial score (nSPS) is 21.5. The minimum absolute atomic E-state index is 0.387. The van der Waals surface area contributed by atoms with Crippen molar-refractivity contribution in [1.29, 1.82) is 0 Å². The Labute approximate surface area is 92.8 Å². The number of nitrogens with zero attached hydrogens (tertiary/aromatic N) is 1. The second-order valence-corrected chi connectivity index (χ2v) is 5.40. The van der Waals surface area contributed by atoms with Crippen molar-refractivity contribution in [3.8, 4) is 0 Å². The predicted octanol–water partition coefficient (Wildman–Crippen LogP) is 0.0463. The molecule has 15 heavy (non-hydrogen) atoms. The van der Waals surface area contributed by atoms with E-state index >= 15 is 0 Å². The molecule has 0 aromatic carbocycles. The van der Waals surface area contributed by atoms with Crippen molar-refractivity contribution in [3.63, 3.8) is 0 Å². The lowest BCUT2D eigenvalue weighted by Gasteiger charge is -2.28. The highest BCUT2D eigenvalue weighted by molar-refractivity contribution is 8.00. The van der Waals surface area contributed by atoms with Crippen LogP contribution in [0.5, 0.6) is 0 Å². The summed E-state index contributed by atoms with van der Waals surface area (Å²) in [6.07, 6.45) is -0.596. The Balaban J connectivity index is 2.63. The second kappa shape index (κ2) is 4.30. The zero-order valence-corrected chi connectivity index (χ0v) is 9.80. The van der Waals surface area contributed by atoms with Gasteiger partial charge in [0, 0.05) is 12.3 Å². The van der Waals surface area contributed by atoms with Gasteiger partial charge in [-0.1, -0.05) is 0 Å². The van der Waals surface area contributed by atoms with Crippen molar-refractivity contribution in [1.82, 2.24) is 4.90 Å². The van der Waals surface area contributed by atoms with Gasteiger partial charge in [-0.15, -0.1) is 11.8 Å². The lowest BCUT2D eigenvalue weighted by atomic mass is 10.2. The van der Waals surface area contributed by atoms with E-state index in [0.717, 1.165) is 0 Å². The number of ether oxygens (including phenoxy) is 1. The first-order valence-electron chi connectivity index (χ1n) is 4.63. The van der Waals surface area contributed by atoms with E-state index < -0.39 is 23.0 Å². The average Bonchev–Trinajstić information content (AvgIpc) is 2.47. The van der Waals surface area contributed by atoms with Crippen LogP contribution in [0.3, 0.4) is 0 Å². The van der Waals surface area contributed by atoms with E-state index in [9.17, 15) is 14.7 Å². The van der Waals surface area contributed by atoms with Crippen molar-refractivity contribution >= 4 is 23.8 Å². The van der Waals surface area contributed by atoms with Gasteiger partial charge in [-0.05, 0) is 20.8 Å². The Bertz CT molecular complexity index is 274. The number of carboxylic acids is 1. The lowest BCUT2D eigenvalue weighted by molar-refractivity contribution is -0.307. The Hall–Kier alpha value is -0.910. The SMILES string of the molecule is CC(C)(C)OC(=O)N1CCSC1C(=O)[O-]. The topological polar surface area (TPSA) is 69.7 Å². The zero-order chi connectivity index (χ0) is 11.6. The number of carbonyl (C=O) groups excluding carboxylic acids is 2. The van der Waals surface area contributed by atoms with Gasteiger partial charge < -0.3 is 14.6 Å². The minimum atomic E-state index is -1.25. The molecule has 1 rings (SSSR count). The number of thioether (sulfide) groups is 1. The molecule has 6 heteroatoms. The molecule has 0 N–H and O–H groups in total. The first-order valence-corrected chi connectivity index (χ1v) is 5.68. The maximum absolute atomic E-state index is 11.6. The van der Waals surface area contributed by atoms with Crippen LogP contribution in [0.15, 0.2) is 0 Å². The molecule has 1 amide bonds. The third-order valence-electron chi connectivity index (χ3n) is 1.72. The molecule has 1 aliphatic heterocycles. The van der Waals surface area contributed by atoms with Gasteiger partial charge in [0.2, 0.25) is 0 Å². The van der Waals surface area contributed by atoms with Gasteiger partial charge in [-0.2, -0.15) is 0 Å². The maximum Gasteiger partial charge on any atom is 0.411 e. The lowest BCUT2D eigenvalue weighted by Crippen LogP contribution is -2.47. The fourth-order valence-corrected chi connectivity index (χ4v) is 2.21. The van der Waals surface area contributed by atoms with Crippen LogP contribution >= 0.6 is 11.8 Å². The molecule has 0 aromatic heterocycles. The van der Waals surface area contributed by atoms with E-state index in [2.05, 4.69) is 0 Å². The standard InChI is InChI=1S/C9H15NO4S/c1-9(2,3)14-8(13)10-4-5-15-6(10)7(11)12/h6H,4-5H2,1-3H3,(H,11,12)/p-1. The molecule has 0 aliphatic carbocycles. The zero-order valence-electron chi connectivity index (χ0n) is 8.98. The van der Waals surface area contributed by atoms with Crippen molar-refractivity contribution in [2.45, 2.75) is 31.7 Å². The molecule has 1 aliphatic rings. The molecule has 0 radical (unpaired) electrons. The summed E-state index contributed by atoms with van der Waals surface area (Å²) in [6.45, 7) is 5.60. The third-order valence-corrected chi connectivity index (χ3v) is 2.90. The van der Waals surface area contributed by atoms with Gasteiger partial charge in [0.25, 0.3) is 0 Å². The molecule has 1 atom stereocenters. The molecule has 1 saturated heterocycles. The van der Waals surface area contributed by atoms with Gasteiger partial charge in [0.1, 0.15) is 11.0 Å². The average molecular weight is 232 g/mol.